The zero-order valence-electron chi connectivity index (χ0n) is 7.24. The largest absolute Gasteiger partial charge is 0.395 e. The number of halogens is 4. The number of allylic oxidation sites excluding steroid dienone is 5. The van der Waals surface area contributed by atoms with Crippen LogP contribution in [0, 0.1) is 5.92 Å². The van der Waals surface area contributed by atoms with Crippen molar-refractivity contribution in [1.82, 2.24) is 0 Å². The van der Waals surface area contributed by atoms with Crippen molar-refractivity contribution in [1.29, 1.82) is 0 Å². The molecule has 0 bridgehead atoms. The van der Waals surface area contributed by atoms with Crippen LogP contribution in [0.4, 0.5) is 13.2 Å². The van der Waals surface area contributed by atoms with Gasteiger partial charge in [0.1, 0.15) is 0 Å². The van der Waals surface area contributed by atoms with E-state index in [0.29, 0.717) is 5.57 Å². The van der Waals surface area contributed by atoms with Crippen molar-refractivity contribution < 1.29 is 13.2 Å². The molecule has 1 aliphatic carbocycles. The van der Waals surface area contributed by atoms with Crippen LogP contribution in [0.1, 0.15) is 6.42 Å². The number of hydrogen-bond donors (Lipinski definition) is 0. The van der Waals surface area contributed by atoms with Crippen molar-refractivity contribution in [3.8, 4) is 0 Å². The minimum Gasteiger partial charge on any atom is -0.170 e. The molecular formula is C10H8ClF3. The summed E-state index contributed by atoms with van der Waals surface area (Å²) in [5.74, 6) is -1.50. The lowest BCUT2D eigenvalue weighted by Crippen LogP contribution is -2.22. The molecule has 0 aliphatic heterocycles. The van der Waals surface area contributed by atoms with Crippen LogP contribution in [-0.4, -0.2) is 6.18 Å². The summed E-state index contributed by atoms with van der Waals surface area (Å²) in [5.41, 5.74) is 2.93. The van der Waals surface area contributed by atoms with Gasteiger partial charge >= 0.3 is 6.18 Å². The van der Waals surface area contributed by atoms with Crippen LogP contribution >= 0.6 is 11.6 Å². The second kappa shape index (κ2) is 4.07. The van der Waals surface area contributed by atoms with E-state index >= 15 is 0 Å². The van der Waals surface area contributed by atoms with Crippen LogP contribution in [-0.2, 0) is 0 Å². The fourth-order valence-corrected chi connectivity index (χ4v) is 1.52. The van der Waals surface area contributed by atoms with Crippen LogP contribution < -0.4 is 0 Å². The Bertz CT molecular complexity index is 330. The average molecular weight is 221 g/mol. The van der Waals surface area contributed by atoms with E-state index in [-0.39, 0.29) is 11.5 Å². The van der Waals surface area contributed by atoms with Crippen molar-refractivity contribution in [2.24, 2.45) is 5.92 Å². The van der Waals surface area contributed by atoms with Crippen molar-refractivity contribution in [2.75, 3.05) is 0 Å². The second-order valence-corrected chi connectivity index (χ2v) is 3.41. The maximum Gasteiger partial charge on any atom is 0.395 e. The van der Waals surface area contributed by atoms with Gasteiger partial charge in [0.05, 0.1) is 5.92 Å². The zero-order valence-corrected chi connectivity index (χ0v) is 7.99. The number of alkyl halides is 3. The lowest BCUT2D eigenvalue weighted by molar-refractivity contribution is -0.160. The highest BCUT2D eigenvalue weighted by Crippen LogP contribution is 2.37. The molecular weight excluding hydrogens is 213 g/mol. The summed E-state index contributed by atoms with van der Waals surface area (Å²) in [6.07, 6.45) is -0.422. The summed E-state index contributed by atoms with van der Waals surface area (Å²) in [7, 11) is 0. The predicted octanol–water partition coefficient (Wildman–Crippen LogP) is 3.96. The van der Waals surface area contributed by atoms with Crippen LogP contribution in [0.15, 0.2) is 41.1 Å². The minimum atomic E-state index is -4.24. The number of rotatable bonds is 1. The molecule has 1 atom stereocenters. The SMILES string of the molecule is C=C=CC1=CC(Cl)=CC(C(F)(F)F)C1. The van der Waals surface area contributed by atoms with E-state index < -0.39 is 12.1 Å². The van der Waals surface area contributed by atoms with E-state index in [2.05, 4.69) is 12.3 Å². The van der Waals surface area contributed by atoms with Gasteiger partial charge in [0.2, 0.25) is 0 Å². The van der Waals surface area contributed by atoms with Crippen LogP contribution in [0.5, 0.6) is 0 Å². The molecule has 0 aromatic rings. The van der Waals surface area contributed by atoms with Gasteiger partial charge in [0.25, 0.3) is 0 Å². The fourth-order valence-electron chi connectivity index (χ4n) is 1.23. The molecule has 0 nitrogen and oxygen atoms in total. The molecule has 0 saturated heterocycles. The van der Waals surface area contributed by atoms with Gasteiger partial charge in [-0.25, -0.2) is 0 Å². The number of hydrogen-bond acceptors (Lipinski definition) is 0. The first-order valence-electron chi connectivity index (χ1n) is 3.94. The normalized spacial score (nSPS) is 22.1. The molecule has 0 N–H and O–H groups in total. The highest BCUT2D eigenvalue weighted by atomic mass is 35.5. The van der Waals surface area contributed by atoms with E-state index in [9.17, 15) is 13.2 Å². The van der Waals surface area contributed by atoms with E-state index in [4.69, 9.17) is 11.6 Å². The van der Waals surface area contributed by atoms with Gasteiger partial charge in [-0.3, -0.25) is 0 Å². The van der Waals surface area contributed by atoms with Gasteiger partial charge < -0.3 is 0 Å². The minimum absolute atomic E-state index is 0.0950. The Hall–Kier alpha value is -0.920. The van der Waals surface area contributed by atoms with Crippen molar-refractivity contribution in [2.45, 2.75) is 12.6 Å². The smallest absolute Gasteiger partial charge is 0.170 e. The van der Waals surface area contributed by atoms with Crippen molar-refractivity contribution >= 4 is 11.6 Å². The molecule has 0 aromatic heterocycles. The highest BCUT2D eigenvalue weighted by molar-refractivity contribution is 6.31. The Morgan fingerprint density at radius 3 is 2.71 bits per heavy atom. The molecule has 0 radical (unpaired) electrons. The van der Waals surface area contributed by atoms with Crippen LogP contribution in [0.3, 0.4) is 0 Å². The Morgan fingerprint density at radius 1 is 1.57 bits per heavy atom. The van der Waals surface area contributed by atoms with Gasteiger partial charge in [-0.1, -0.05) is 24.3 Å². The summed E-state index contributed by atoms with van der Waals surface area (Å²) in [6, 6.07) is 0. The van der Waals surface area contributed by atoms with Crippen LogP contribution in [0.25, 0.3) is 0 Å². The van der Waals surface area contributed by atoms with Crippen LogP contribution in [0.2, 0.25) is 0 Å². The fraction of sp³-hybridized carbons (Fsp3) is 0.300. The lowest BCUT2D eigenvalue weighted by Gasteiger charge is -2.20. The average Bonchev–Trinajstić information content (AvgIpc) is 2.02. The monoisotopic (exact) mass is 220 g/mol. The lowest BCUT2D eigenvalue weighted by atomic mass is 9.93. The van der Waals surface area contributed by atoms with Crippen molar-refractivity contribution in [3.63, 3.8) is 0 Å². The summed E-state index contributed by atoms with van der Waals surface area (Å²) in [5, 5.41) is 0.111. The summed E-state index contributed by atoms with van der Waals surface area (Å²) in [6.45, 7) is 3.30. The van der Waals surface area contributed by atoms with E-state index in [1.165, 1.54) is 12.2 Å². The Kier molecular flexibility index (Phi) is 3.25. The van der Waals surface area contributed by atoms with E-state index in [1.54, 1.807) is 0 Å². The van der Waals surface area contributed by atoms with E-state index in [1.807, 2.05) is 0 Å². The molecule has 1 aliphatic rings. The highest BCUT2D eigenvalue weighted by Gasteiger charge is 2.39. The Labute approximate surface area is 85.1 Å². The first-order valence-corrected chi connectivity index (χ1v) is 4.31. The first kappa shape index (κ1) is 11.2. The Balaban J connectivity index is 2.91. The summed E-state index contributed by atoms with van der Waals surface area (Å²) in [4.78, 5) is 0. The Morgan fingerprint density at radius 2 is 2.21 bits per heavy atom. The standard InChI is InChI=1S/C10H8ClF3/c1-2-3-7-4-8(10(12,13)14)6-9(11)5-7/h3,5-6,8H,1,4H2. The third-order valence-electron chi connectivity index (χ3n) is 1.85. The van der Waals surface area contributed by atoms with Gasteiger partial charge in [-0.2, -0.15) is 13.2 Å². The molecule has 0 aromatic carbocycles. The first-order chi connectivity index (χ1) is 6.43. The molecule has 0 fully saturated rings. The van der Waals surface area contributed by atoms with Gasteiger partial charge in [0, 0.05) is 5.03 Å². The molecule has 0 spiro atoms. The zero-order chi connectivity index (χ0) is 10.8. The van der Waals surface area contributed by atoms with Gasteiger partial charge in [0.15, 0.2) is 0 Å². The van der Waals surface area contributed by atoms with E-state index in [0.717, 1.165) is 6.08 Å². The summed E-state index contributed by atoms with van der Waals surface area (Å²) >= 11 is 5.56. The molecule has 76 valence electrons. The molecule has 1 rings (SSSR count). The molecule has 0 heterocycles. The summed E-state index contributed by atoms with van der Waals surface area (Å²) < 4.78 is 37.0. The maximum absolute atomic E-state index is 12.3. The van der Waals surface area contributed by atoms with Crippen molar-refractivity contribution in [3.05, 3.63) is 41.1 Å². The molecule has 0 amide bonds. The quantitative estimate of drug-likeness (QED) is 0.587. The molecule has 1 unspecified atom stereocenters. The van der Waals surface area contributed by atoms with Gasteiger partial charge in [-0.15, -0.1) is 5.73 Å². The molecule has 4 heteroatoms. The third-order valence-corrected chi connectivity index (χ3v) is 2.08. The maximum atomic E-state index is 12.3. The predicted molar refractivity (Wildman–Crippen MR) is 49.9 cm³/mol. The third kappa shape index (κ3) is 2.79. The molecule has 0 saturated carbocycles. The topological polar surface area (TPSA) is 0 Å². The molecule has 14 heavy (non-hydrogen) atoms. The van der Waals surface area contributed by atoms with Gasteiger partial charge in [-0.05, 0) is 24.1 Å². The second-order valence-electron chi connectivity index (χ2n) is 2.97.